The molecular weight excluding hydrogens is 413 g/mol. The Morgan fingerprint density at radius 1 is 1.03 bits per heavy atom. The number of cyclic esters (lactones) is 1. The topological polar surface area (TPSA) is 87.6 Å². The average molecular weight is 439 g/mol. The smallest absolute Gasteiger partial charge is 0.417 e. The van der Waals surface area contributed by atoms with E-state index in [1.165, 1.54) is 5.56 Å². The molecule has 0 radical (unpaired) electrons. The maximum atomic E-state index is 13.1. The van der Waals surface area contributed by atoms with Crippen LogP contribution in [0.2, 0.25) is 0 Å². The molecular formula is C24H26FN3O4. The number of carbonyl (C=O) groups is 1. The Morgan fingerprint density at radius 2 is 1.81 bits per heavy atom. The average Bonchev–Trinajstić information content (AvgIpc) is 3.35. The number of aromatic amines is 1. The minimum absolute atomic E-state index is 0.186. The van der Waals surface area contributed by atoms with Crippen LogP contribution in [0.15, 0.2) is 51.7 Å². The molecule has 1 aromatic heterocycles. The fourth-order valence-corrected chi connectivity index (χ4v) is 4.82. The Balaban J connectivity index is 1.09. The van der Waals surface area contributed by atoms with Crippen LogP contribution < -0.4 is 16.0 Å². The SMILES string of the molecule is O=C1OC(CNCC2CCC(c3ccc(F)cc3)CC2)CN1c1ccc2[nH]c(=O)oc2c1. The number of anilines is 1. The first-order valence-electron chi connectivity index (χ1n) is 11.1. The summed E-state index contributed by atoms with van der Waals surface area (Å²) in [6, 6.07) is 12.0. The number of nitrogens with one attached hydrogen (secondary N) is 2. The molecule has 1 unspecified atom stereocenters. The van der Waals surface area contributed by atoms with E-state index >= 15 is 0 Å². The summed E-state index contributed by atoms with van der Waals surface area (Å²) >= 11 is 0. The molecule has 8 heteroatoms. The minimum Gasteiger partial charge on any atom is -0.443 e. The number of oxazole rings is 1. The zero-order valence-corrected chi connectivity index (χ0v) is 17.7. The van der Waals surface area contributed by atoms with Crippen LogP contribution in [-0.4, -0.2) is 36.8 Å². The van der Waals surface area contributed by atoms with Crippen LogP contribution in [-0.2, 0) is 4.74 Å². The standard InChI is InChI=1S/C24H26FN3O4/c25-18-7-5-17(6-8-18)16-3-1-15(2-4-16)12-26-13-20-14-28(24(30)31-20)19-9-10-21-22(11-19)32-23(29)27-21/h5-11,15-16,20,26H,1-4,12-14H2,(H,27,29). The van der Waals surface area contributed by atoms with Crippen LogP contribution in [0.5, 0.6) is 0 Å². The molecule has 1 aliphatic heterocycles. The monoisotopic (exact) mass is 439 g/mol. The second-order valence-corrected chi connectivity index (χ2v) is 8.74. The molecule has 2 aromatic carbocycles. The van der Waals surface area contributed by atoms with Gasteiger partial charge in [0, 0.05) is 12.6 Å². The van der Waals surface area contributed by atoms with Crippen molar-refractivity contribution in [3.8, 4) is 0 Å². The molecule has 1 aliphatic carbocycles. The van der Waals surface area contributed by atoms with Crippen LogP contribution >= 0.6 is 0 Å². The molecule has 1 atom stereocenters. The zero-order chi connectivity index (χ0) is 22.1. The molecule has 2 fully saturated rings. The number of carbonyl (C=O) groups excluding carboxylic acids is 1. The third-order valence-corrected chi connectivity index (χ3v) is 6.58. The molecule has 2 aliphatic rings. The van der Waals surface area contributed by atoms with Crippen LogP contribution in [0, 0.1) is 11.7 Å². The lowest BCUT2D eigenvalue weighted by atomic mass is 9.78. The van der Waals surface area contributed by atoms with Gasteiger partial charge in [-0.2, -0.15) is 0 Å². The predicted molar refractivity (Wildman–Crippen MR) is 118 cm³/mol. The van der Waals surface area contributed by atoms with E-state index in [1.807, 2.05) is 12.1 Å². The van der Waals surface area contributed by atoms with Gasteiger partial charge < -0.3 is 14.5 Å². The Morgan fingerprint density at radius 3 is 2.59 bits per heavy atom. The number of benzene rings is 2. The van der Waals surface area contributed by atoms with E-state index in [0.717, 1.165) is 32.2 Å². The lowest BCUT2D eigenvalue weighted by molar-refractivity contribution is 0.139. The summed E-state index contributed by atoms with van der Waals surface area (Å²) in [6.45, 7) is 1.94. The van der Waals surface area contributed by atoms with Crippen molar-refractivity contribution in [1.29, 1.82) is 0 Å². The van der Waals surface area contributed by atoms with Crippen molar-refractivity contribution in [2.45, 2.75) is 37.7 Å². The Bertz CT molecular complexity index is 1150. The van der Waals surface area contributed by atoms with Crippen molar-refractivity contribution < 1.29 is 18.3 Å². The second kappa shape index (κ2) is 8.78. The molecule has 1 saturated carbocycles. The van der Waals surface area contributed by atoms with Crippen molar-refractivity contribution in [2.24, 2.45) is 5.92 Å². The van der Waals surface area contributed by atoms with E-state index in [-0.39, 0.29) is 11.9 Å². The fourth-order valence-electron chi connectivity index (χ4n) is 4.82. The largest absolute Gasteiger partial charge is 0.443 e. The van der Waals surface area contributed by atoms with E-state index in [1.54, 1.807) is 35.2 Å². The molecule has 0 bridgehead atoms. The molecule has 1 amide bonds. The van der Waals surface area contributed by atoms with Gasteiger partial charge in [0.05, 0.1) is 17.7 Å². The highest BCUT2D eigenvalue weighted by Crippen LogP contribution is 2.35. The van der Waals surface area contributed by atoms with E-state index < -0.39 is 11.8 Å². The fraction of sp³-hybridized carbons (Fsp3) is 0.417. The lowest BCUT2D eigenvalue weighted by Crippen LogP contribution is -2.34. The van der Waals surface area contributed by atoms with Crippen molar-refractivity contribution in [3.63, 3.8) is 0 Å². The highest BCUT2D eigenvalue weighted by atomic mass is 19.1. The van der Waals surface area contributed by atoms with Gasteiger partial charge in [0.2, 0.25) is 0 Å². The maximum absolute atomic E-state index is 13.1. The predicted octanol–water partition coefficient (Wildman–Crippen LogP) is 4.15. The third-order valence-electron chi connectivity index (χ3n) is 6.58. The molecule has 1 saturated heterocycles. The van der Waals surface area contributed by atoms with Crippen LogP contribution in [0.1, 0.15) is 37.2 Å². The lowest BCUT2D eigenvalue weighted by Gasteiger charge is -2.29. The minimum atomic E-state index is -0.519. The van der Waals surface area contributed by atoms with Gasteiger partial charge >= 0.3 is 11.8 Å². The number of H-pyrrole nitrogens is 1. The number of halogens is 1. The quantitative estimate of drug-likeness (QED) is 0.603. The van der Waals surface area contributed by atoms with Gasteiger partial charge in [0.15, 0.2) is 5.58 Å². The van der Waals surface area contributed by atoms with Crippen molar-refractivity contribution in [3.05, 3.63) is 64.4 Å². The van der Waals surface area contributed by atoms with Crippen molar-refractivity contribution in [1.82, 2.24) is 10.3 Å². The van der Waals surface area contributed by atoms with Gasteiger partial charge in [-0.1, -0.05) is 12.1 Å². The molecule has 168 valence electrons. The maximum Gasteiger partial charge on any atom is 0.417 e. The number of hydrogen-bond acceptors (Lipinski definition) is 5. The van der Waals surface area contributed by atoms with E-state index in [9.17, 15) is 14.0 Å². The number of hydrogen-bond donors (Lipinski definition) is 2. The van der Waals surface area contributed by atoms with E-state index in [2.05, 4.69) is 10.3 Å². The molecule has 5 rings (SSSR count). The third kappa shape index (κ3) is 4.41. The summed E-state index contributed by atoms with van der Waals surface area (Å²) in [5.41, 5.74) is 2.89. The normalized spacial score (nSPS) is 23.6. The van der Waals surface area contributed by atoms with Crippen LogP contribution in [0.25, 0.3) is 11.1 Å². The van der Waals surface area contributed by atoms with Gasteiger partial charge in [-0.3, -0.25) is 9.88 Å². The van der Waals surface area contributed by atoms with Gasteiger partial charge in [-0.25, -0.2) is 14.0 Å². The summed E-state index contributed by atoms with van der Waals surface area (Å²) in [5.74, 6) is 0.404. The highest BCUT2D eigenvalue weighted by Gasteiger charge is 2.32. The van der Waals surface area contributed by atoms with Gasteiger partial charge in [-0.15, -0.1) is 0 Å². The number of rotatable bonds is 6. The number of ether oxygens (including phenoxy) is 1. The Kier molecular flexibility index (Phi) is 5.70. The van der Waals surface area contributed by atoms with E-state index in [4.69, 9.17) is 9.15 Å². The first kappa shape index (κ1) is 20.8. The number of amides is 1. The number of nitrogens with zero attached hydrogens (tertiary/aromatic N) is 1. The number of fused-ring (bicyclic) bond motifs is 1. The molecule has 7 nitrogen and oxygen atoms in total. The van der Waals surface area contributed by atoms with Crippen LogP contribution in [0.4, 0.5) is 14.9 Å². The summed E-state index contributed by atoms with van der Waals surface area (Å²) in [7, 11) is 0. The summed E-state index contributed by atoms with van der Waals surface area (Å²) in [5, 5.41) is 3.47. The Labute approximate surface area is 184 Å². The first-order chi connectivity index (χ1) is 15.5. The molecule has 32 heavy (non-hydrogen) atoms. The van der Waals surface area contributed by atoms with Gasteiger partial charge in [-0.05, 0) is 73.9 Å². The summed E-state index contributed by atoms with van der Waals surface area (Å²) in [6.07, 6.45) is 3.87. The molecule has 2 heterocycles. The molecule has 3 aromatic rings. The second-order valence-electron chi connectivity index (χ2n) is 8.74. The number of aromatic nitrogens is 1. The summed E-state index contributed by atoms with van der Waals surface area (Å²) < 4.78 is 23.7. The molecule has 0 spiro atoms. The van der Waals surface area contributed by atoms with Crippen molar-refractivity contribution in [2.75, 3.05) is 24.5 Å². The summed E-state index contributed by atoms with van der Waals surface area (Å²) in [4.78, 5) is 27.8. The highest BCUT2D eigenvalue weighted by molar-refractivity contribution is 5.92. The van der Waals surface area contributed by atoms with Gasteiger partial charge in [0.1, 0.15) is 11.9 Å². The zero-order valence-electron chi connectivity index (χ0n) is 17.7. The van der Waals surface area contributed by atoms with Crippen molar-refractivity contribution >= 4 is 22.9 Å². The van der Waals surface area contributed by atoms with E-state index in [0.29, 0.717) is 41.7 Å². The first-order valence-corrected chi connectivity index (χ1v) is 11.1. The van der Waals surface area contributed by atoms with Gasteiger partial charge in [0.25, 0.3) is 0 Å². The van der Waals surface area contributed by atoms with Crippen LogP contribution in [0.3, 0.4) is 0 Å². The molecule has 2 N–H and O–H groups in total. The Hall–Kier alpha value is -3.13.